The predicted octanol–water partition coefficient (Wildman–Crippen LogP) is 0.748. The lowest BCUT2D eigenvalue weighted by molar-refractivity contribution is 0.108. The molecule has 0 aromatic heterocycles. The highest BCUT2D eigenvalue weighted by Crippen LogP contribution is 2.29. The maximum Gasteiger partial charge on any atom is 0.0920 e. The number of anilines is 1. The van der Waals surface area contributed by atoms with Gasteiger partial charge in [0, 0.05) is 18.8 Å². The third-order valence-electron chi connectivity index (χ3n) is 2.52. The average Bonchev–Trinajstić information content (AvgIpc) is 2.07. The van der Waals surface area contributed by atoms with Crippen molar-refractivity contribution >= 4 is 5.69 Å². The van der Waals surface area contributed by atoms with E-state index in [0.29, 0.717) is 6.54 Å². The molecule has 1 atom stereocenters. The Morgan fingerprint density at radius 1 is 1.54 bits per heavy atom. The summed E-state index contributed by atoms with van der Waals surface area (Å²) in [6.07, 6.45) is -0.391. The van der Waals surface area contributed by atoms with Crippen molar-refractivity contribution in [3.63, 3.8) is 0 Å². The molecule has 1 aliphatic heterocycles. The molecule has 13 heavy (non-hydrogen) atoms. The molecule has 3 heteroatoms. The summed E-state index contributed by atoms with van der Waals surface area (Å²) < 4.78 is 0. The van der Waals surface area contributed by atoms with Crippen molar-refractivity contribution in [1.82, 2.24) is 4.90 Å². The smallest absolute Gasteiger partial charge is 0.0920 e. The van der Waals surface area contributed by atoms with Crippen LogP contribution in [0.1, 0.15) is 17.2 Å². The van der Waals surface area contributed by atoms with Gasteiger partial charge in [-0.05, 0) is 24.2 Å². The Kier molecular flexibility index (Phi) is 1.98. The number of likely N-dealkylation sites (N-methyl/N-ethyl adjacent to an activating group) is 1. The molecule has 1 aromatic rings. The maximum atomic E-state index is 9.76. The van der Waals surface area contributed by atoms with Crippen molar-refractivity contribution in [2.45, 2.75) is 12.6 Å². The number of β-amino-alcohol motifs (C(OH)–C–C–N with tert-alkyl or cyclic N) is 1. The SMILES string of the molecule is CN1Cc2c(N)cccc2C(O)C1. The van der Waals surface area contributed by atoms with Gasteiger partial charge in [-0.3, -0.25) is 4.90 Å². The van der Waals surface area contributed by atoms with E-state index in [2.05, 4.69) is 4.90 Å². The first kappa shape index (κ1) is 8.53. The molecule has 3 N–H and O–H groups in total. The molecule has 0 bridgehead atoms. The Bertz CT molecular complexity index is 325. The molecule has 0 spiro atoms. The summed E-state index contributed by atoms with van der Waals surface area (Å²) in [7, 11) is 1.98. The first-order valence-electron chi connectivity index (χ1n) is 4.42. The summed E-state index contributed by atoms with van der Waals surface area (Å²) in [6.45, 7) is 1.52. The fraction of sp³-hybridized carbons (Fsp3) is 0.400. The summed E-state index contributed by atoms with van der Waals surface area (Å²) in [5, 5.41) is 9.76. The van der Waals surface area contributed by atoms with Crippen molar-refractivity contribution in [3.05, 3.63) is 29.3 Å². The minimum absolute atomic E-state index is 0.391. The van der Waals surface area contributed by atoms with Gasteiger partial charge in [0.05, 0.1) is 6.10 Å². The minimum Gasteiger partial charge on any atom is -0.398 e. The van der Waals surface area contributed by atoms with E-state index in [4.69, 9.17) is 5.73 Å². The molecule has 2 rings (SSSR count). The highest BCUT2D eigenvalue weighted by Gasteiger charge is 2.22. The van der Waals surface area contributed by atoms with Gasteiger partial charge in [0.25, 0.3) is 0 Å². The number of nitrogens with zero attached hydrogens (tertiary/aromatic N) is 1. The van der Waals surface area contributed by atoms with Gasteiger partial charge >= 0.3 is 0 Å². The number of fused-ring (bicyclic) bond motifs is 1. The number of aliphatic hydroxyl groups is 1. The Morgan fingerprint density at radius 2 is 2.31 bits per heavy atom. The van der Waals surface area contributed by atoms with Crippen molar-refractivity contribution in [3.8, 4) is 0 Å². The third kappa shape index (κ3) is 1.41. The fourth-order valence-corrected chi connectivity index (χ4v) is 1.85. The first-order chi connectivity index (χ1) is 6.18. The highest BCUT2D eigenvalue weighted by molar-refractivity contribution is 5.52. The van der Waals surface area contributed by atoms with Crippen LogP contribution in [-0.4, -0.2) is 23.6 Å². The van der Waals surface area contributed by atoms with Crippen molar-refractivity contribution < 1.29 is 5.11 Å². The van der Waals surface area contributed by atoms with E-state index >= 15 is 0 Å². The minimum atomic E-state index is -0.391. The lowest BCUT2D eigenvalue weighted by Gasteiger charge is -2.29. The lowest BCUT2D eigenvalue weighted by atomic mass is 9.96. The van der Waals surface area contributed by atoms with E-state index in [1.165, 1.54) is 0 Å². The largest absolute Gasteiger partial charge is 0.398 e. The maximum absolute atomic E-state index is 9.76. The Labute approximate surface area is 77.8 Å². The molecule has 70 valence electrons. The van der Waals surface area contributed by atoms with Gasteiger partial charge in [0.2, 0.25) is 0 Å². The van der Waals surface area contributed by atoms with E-state index in [-0.39, 0.29) is 0 Å². The van der Waals surface area contributed by atoms with E-state index in [0.717, 1.165) is 23.4 Å². The molecule has 0 radical (unpaired) electrons. The number of aliphatic hydroxyl groups excluding tert-OH is 1. The molecule has 0 aliphatic carbocycles. The van der Waals surface area contributed by atoms with Crippen molar-refractivity contribution in [2.24, 2.45) is 0 Å². The van der Waals surface area contributed by atoms with Gasteiger partial charge in [-0.1, -0.05) is 12.1 Å². The number of nitrogens with two attached hydrogens (primary N) is 1. The van der Waals surface area contributed by atoms with E-state index in [9.17, 15) is 5.11 Å². The quantitative estimate of drug-likeness (QED) is 0.576. The molecule has 1 heterocycles. The predicted molar refractivity (Wildman–Crippen MR) is 52.1 cm³/mol. The van der Waals surface area contributed by atoms with E-state index < -0.39 is 6.10 Å². The zero-order chi connectivity index (χ0) is 9.42. The van der Waals surface area contributed by atoms with Crippen LogP contribution in [0.2, 0.25) is 0 Å². The third-order valence-corrected chi connectivity index (χ3v) is 2.52. The van der Waals surface area contributed by atoms with Crippen LogP contribution in [0.5, 0.6) is 0 Å². The molecular formula is C10H14N2O. The second kappa shape index (κ2) is 3.01. The molecule has 0 saturated carbocycles. The lowest BCUT2D eigenvalue weighted by Crippen LogP contribution is -2.30. The molecule has 0 fully saturated rings. The number of hydrogen-bond acceptors (Lipinski definition) is 3. The van der Waals surface area contributed by atoms with Crippen LogP contribution in [-0.2, 0) is 6.54 Å². The van der Waals surface area contributed by atoms with Crippen LogP contribution in [0.3, 0.4) is 0 Å². The Hall–Kier alpha value is -1.06. The highest BCUT2D eigenvalue weighted by atomic mass is 16.3. The average molecular weight is 178 g/mol. The van der Waals surface area contributed by atoms with Crippen LogP contribution in [0.25, 0.3) is 0 Å². The molecular weight excluding hydrogens is 164 g/mol. The van der Waals surface area contributed by atoms with Gasteiger partial charge in [-0.25, -0.2) is 0 Å². The number of benzene rings is 1. The van der Waals surface area contributed by atoms with Gasteiger partial charge in [0.1, 0.15) is 0 Å². The number of hydrogen-bond donors (Lipinski definition) is 2. The second-order valence-electron chi connectivity index (χ2n) is 3.63. The summed E-state index contributed by atoms with van der Waals surface area (Å²) in [5.74, 6) is 0. The van der Waals surface area contributed by atoms with Gasteiger partial charge in [0.15, 0.2) is 0 Å². The van der Waals surface area contributed by atoms with Crippen LogP contribution < -0.4 is 5.73 Å². The van der Waals surface area contributed by atoms with Gasteiger partial charge in [-0.15, -0.1) is 0 Å². The van der Waals surface area contributed by atoms with Crippen LogP contribution in [0.4, 0.5) is 5.69 Å². The zero-order valence-corrected chi connectivity index (χ0v) is 7.70. The first-order valence-corrected chi connectivity index (χ1v) is 4.42. The summed E-state index contributed by atoms with van der Waals surface area (Å²) >= 11 is 0. The number of nitrogen functional groups attached to an aromatic ring is 1. The topological polar surface area (TPSA) is 49.5 Å². The summed E-state index contributed by atoms with van der Waals surface area (Å²) in [4.78, 5) is 2.07. The van der Waals surface area contributed by atoms with Gasteiger partial charge < -0.3 is 10.8 Å². The summed E-state index contributed by atoms with van der Waals surface area (Å²) in [5.41, 5.74) is 8.67. The van der Waals surface area contributed by atoms with E-state index in [1.54, 1.807) is 0 Å². The molecule has 1 aromatic carbocycles. The standard InChI is InChI=1S/C10H14N2O/c1-12-5-8-7(10(13)6-12)3-2-4-9(8)11/h2-4,10,13H,5-6,11H2,1H3. The zero-order valence-electron chi connectivity index (χ0n) is 7.70. The van der Waals surface area contributed by atoms with Gasteiger partial charge in [-0.2, -0.15) is 0 Å². The number of rotatable bonds is 0. The normalized spacial score (nSPS) is 22.8. The van der Waals surface area contributed by atoms with E-state index in [1.807, 2.05) is 25.2 Å². The second-order valence-corrected chi connectivity index (χ2v) is 3.63. The monoisotopic (exact) mass is 178 g/mol. The molecule has 1 unspecified atom stereocenters. The molecule has 1 aliphatic rings. The summed E-state index contributed by atoms with van der Waals surface area (Å²) in [6, 6.07) is 5.72. The van der Waals surface area contributed by atoms with Crippen LogP contribution in [0.15, 0.2) is 18.2 Å². The fourth-order valence-electron chi connectivity index (χ4n) is 1.85. The Morgan fingerprint density at radius 3 is 3.08 bits per heavy atom. The molecule has 3 nitrogen and oxygen atoms in total. The van der Waals surface area contributed by atoms with Crippen LogP contribution in [0, 0.1) is 0 Å². The molecule has 0 saturated heterocycles. The van der Waals surface area contributed by atoms with Crippen LogP contribution >= 0.6 is 0 Å². The Balaban J connectivity index is 2.49. The molecule has 0 amide bonds. The van der Waals surface area contributed by atoms with Crippen molar-refractivity contribution in [1.29, 1.82) is 0 Å². The van der Waals surface area contributed by atoms with Crippen molar-refractivity contribution in [2.75, 3.05) is 19.3 Å².